The molecule has 0 saturated heterocycles. The van der Waals surface area contributed by atoms with Crippen molar-refractivity contribution in [3.63, 3.8) is 0 Å². The Hall–Kier alpha value is -1.33. The van der Waals surface area contributed by atoms with E-state index >= 15 is 0 Å². The van der Waals surface area contributed by atoms with Gasteiger partial charge in [-0.1, -0.05) is 13.0 Å². The summed E-state index contributed by atoms with van der Waals surface area (Å²) in [5, 5.41) is 4.87. The molecule has 0 aliphatic heterocycles. The quantitative estimate of drug-likeness (QED) is 0.882. The highest BCUT2D eigenvalue weighted by molar-refractivity contribution is 7.99. The van der Waals surface area contributed by atoms with Crippen molar-refractivity contribution in [3.05, 3.63) is 35.9 Å². The number of hydrogen-bond acceptors (Lipinski definition) is 5. The number of oxazole rings is 1. The van der Waals surface area contributed by atoms with E-state index in [2.05, 4.69) is 28.3 Å². The van der Waals surface area contributed by atoms with Crippen LogP contribution in [0.2, 0.25) is 0 Å². The van der Waals surface area contributed by atoms with Crippen molar-refractivity contribution < 1.29 is 4.42 Å². The van der Waals surface area contributed by atoms with Crippen molar-refractivity contribution in [1.82, 2.24) is 15.3 Å². The van der Waals surface area contributed by atoms with Crippen molar-refractivity contribution in [2.45, 2.75) is 30.6 Å². The molecule has 0 atom stereocenters. The average molecular weight is 249 g/mol. The van der Waals surface area contributed by atoms with Gasteiger partial charge in [0.05, 0.1) is 5.69 Å². The molecule has 0 fully saturated rings. The molecule has 0 aromatic carbocycles. The van der Waals surface area contributed by atoms with Crippen molar-refractivity contribution in [3.8, 4) is 0 Å². The van der Waals surface area contributed by atoms with Gasteiger partial charge in [0.2, 0.25) is 0 Å². The fourth-order valence-electron chi connectivity index (χ4n) is 1.37. The summed E-state index contributed by atoms with van der Waals surface area (Å²) in [5.41, 5.74) is 2.05. The van der Waals surface area contributed by atoms with Gasteiger partial charge in [-0.05, 0) is 36.9 Å². The summed E-state index contributed by atoms with van der Waals surface area (Å²) in [7, 11) is 0. The number of aromatic nitrogens is 2. The van der Waals surface area contributed by atoms with E-state index in [1.165, 1.54) is 11.8 Å². The van der Waals surface area contributed by atoms with Crippen LogP contribution in [0.1, 0.15) is 18.2 Å². The van der Waals surface area contributed by atoms with Crippen LogP contribution in [0.15, 0.2) is 39.3 Å². The molecule has 17 heavy (non-hydrogen) atoms. The van der Waals surface area contributed by atoms with Gasteiger partial charge in [0.1, 0.15) is 11.3 Å². The number of hydrogen-bond donors (Lipinski definition) is 1. The molecule has 2 aromatic rings. The third-order valence-corrected chi connectivity index (χ3v) is 3.12. The maximum Gasteiger partial charge on any atom is 0.262 e. The van der Waals surface area contributed by atoms with Crippen LogP contribution in [0.5, 0.6) is 0 Å². The molecule has 2 aromatic heterocycles. The van der Waals surface area contributed by atoms with E-state index in [-0.39, 0.29) is 0 Å². The molecular formula is C12H15N3OS. The number of nitrogens with zero attached hydrogens (tertiary/aromatic N) is 2. The van der Waals surface area contributed by atoms with E-state index in [9.17, 15) is 0 Å². The highest BCUT2D eigenvalue weighted by atomic mass is 32.2. The van der Waals surface area contributed by atoms with Crippen LogP contribution in [0, 0.1) is 6.92 Å². The minimum atomic E-state index is 0.638. The van der Waals surface area contributed by atoms with Crippen LogP contribution in [0.3, 0.4) is 0 Å². The molecule has 1 N–H and O–H groups in total. The fraction of sp³-hybridized carbons (Fsp3) is 0.333. The van der Waals surface area contributed by atoms with Crippen LogP contribution in [0.25, 0.3) is 0 Å². The lowest BCUT2D eigenvalue weighted by molar-refractivity contribution is 0.453. The van der Waals surface area contributed by atoms with Crippen LogP contribution in [-0.4, -0.2) is 16.5 Å². The minimum absolute atomic E-state index is 0.638. The van der Waals surface area contributed by atoms with Gasteiger partial charge in [0.15, 0.2) is 0 Å². The molecule has 2 heterocycles. The molecule has 0 amide bonds. The Bertz CT molecular complexity index is 484. The monoisotopic (exact) mass is 249 g/mol. The van der Waals surface area contributed by atoms with E-state index in [1.54, 1.807) is 12.5 Å². The zero-order valence-electron chi connectivity index (χ0n) is 9.93. The van der Waals surface area contributed by atoms with E-state index in [0.717, 1.165) is 29.4 Å². The highest BCUT2D eigenvalue weighted by Gasteiger charge is 2.08. The van der Waals surface area contributed by atoms with Gasteiger partial charge >= 0.3 is 0 Å². The summed E-state index contributed by atoms with van der Waals surface area (Å²) in [5.74, 6) is 0. The lowest BCUT2D eigenvalue weighted by Crippen LogP contribution is -2.12. The molecule has 0 unspecified atom stereocenters. The maximum atomic E-state index is 5.32. The van der Waals surface area contributed by atoms with Crippen LogP contribution < -0.4 is 5.32 Å². The topological polar surface area (TPSA) is 51.0 Å². The van der Waals surface area contributed by atoms with Crippen molar-refractivity contribution in [1.29, 1.82) is 0 Å². The molecule has 0 aliphatic rings. The maximum absolute atomic E-state index is 5.32. The van der Waals surface area contributed by atoms with Crippen molar-refractivity contribution in [2.75, 3.05) is 6.54 Å². The first-order valence-corrected chi connectivity index (χ1v) is 6.36. The summed E-state index contributed by atoms with van der Waals surface area (Å²) in [6, 6.07) is 4.01. The molecule has 0 saturated carbocycles. The summed E-state index contributed by atoms with van der Waals surface area (Å²) in [6.45, 7) is 5.75. The highest BCUT2D eigenvalue weighted by Crippen LogP contribution is 2.27. The molecule has 2 rings (SSSR count). The van der Waals surface area contributed by atoms with E-state index in [0.29, 0.717) is 5.22 Å². The first-order chi connectivity index (χ1) is 8.29. The Morgan fingerprint density at radius 2 is 2.35 bits per heavy atom. The first-order valence-electron chi connectivity index (χ1n) is 5.54. The van der Waals surface area contributed by atoms with Gasteiger partial charge in [-0.15, -0.1) is 0 Å². The number of rotatable bonds is 5. The predicted octanol–water partition coefficient (Wildman–Crippen LogP) is 2.64. The summed E-state index contributed by atoms with van der Waals surface area (Å²) in [4.78, 5) is 8.62. The van der Waals surface area contributed by atoms with Gasteiger partial charge in [-0.2, -0.15) is 0 Å². The smallest absolute Gasteiger partial charge is 0.262 e. The molecule has 0 spiro atoms. The summed E-state index contributed by atoms with van der Waals surface area (Å²) < 4.78 is 5.32. The van der Waals surface area contributed by atoms with Crippen molar-refractivity contribution >= 4 is 11.8 Å². The SMILES string of the molecule is CCNCc1cccnc1Sc1nc(C)co1. The molecule has 90 valence electrons. The largest absolute Gasteiger partial charge is 0.439 e. The van der Waals surface area contributed by atoms with Gasteiger partial charge in [0, 0.05) is 12.7 Å². The summed E-state index contributed by atoms with van der Waals surface area (Å²) >= 11 is 1.46. The van der Waals surface area contributed by atoms with E-state index in [4.69, 9.17) is 4.42 Å². The predicted molar refractivity (Wildman–Crippen MR) is 67.0 cm³/mol. The molecule has 4 nitrogen and oxygen atoms in total. The second kappa shape index (κ2) is 5.84. The van der Waals surface area contributed by atoms with E-state index in [1.807, 2.05) is 13.0 Å². The Kier molecular flexibility index (Phi) is 4.17. The van der Waals surface area contributed by atoms with Gasteiger partial charge in [-0.3, -0.25) is 0 Å². The van der Waals surface area contributed by atoms with Gasteiger partial charge < -0.3 is 9.73 Å². The minimum Gasteiger partial charge on any atom is -0.439 e. The Labute approximate surface area is 105 Å². The van der Waals surface area contributed by atoms with Crippen LogP contribution in [-0.2, 0) is 6.54 Å². The van der Waals surface area contributed by atoms with Crippen LogP contribution in [0.4, 0.5) is 0 Å². The third kappa shape index (κ3) is 3.31. The standard InChI is InChI=1S/C12H15N3OS/c1-3-13-7-10-5-4-6-14-11(10)17-12-15-9(2)8-16-12/h4-6,8,13H,3,7H2,1-2H3. The van der Waals surface area contributed by atoms with Crippen molar-refractivity contribution in [2.24, 2.45) is 0 Å². The Morgan fingerprint density at radius 3 is 3.06 bits per heavy atom. The molecule has 0 bridgehead atoms. The lowest BCUT2D eigenvalue weighted by atomic mass is 10.3. The second-order valence-corrected chi connectivity index (χ2v) is 4.54. The molecular weight excluding hydrogens is 234 g/mol. The Balaban J connectivity index is 2.14. The second-order valence-electron chi connectivity index (χ2n) is 3.60. The molecule has 5 heteroatoms. The van der Waals surface area contributed by atoms with E-state index < -0.39 is 0 Å². The third-order valence-electron chi connectivity index (χ3n) is 2.20. The van der Waals surface area contributed by atoms with Crippen LogP contribution >= 0.6 is 11.8 Å². The normalized spacial score (nSPS) is 10.7. The molecule has 0 aliphatic carbocycles. The lowest BCUT2D eigenvalue weighted by Gasteiger charge is -2.06. The average Bonchev–Trinajstić information content (AvgIpc) is 2.74. The van der Waals surface area contributed by atoms with Gasteiger partial charge in [-0.25, -0.2) is 9.97 Å². The number of aryl methyl sites for hydroxylation is 1. The summed E-state index contributed by atoms with van der Waals surface area (Å²) in [6.07, 6.45) is 3.43. The Morgan fingerprint density at radius 1 is 1.47 bits per heavy atom. The van der Waals surface area contributed by atoms with Gasteiger partial charge in [0.25, 0.3) is 5.22 Å². The zero-order valence-corrected chi connectivity index (χ0v) is 10.8. The first kappa shape index (κ1) is 12.1. The fourth-order valence-corrected chi connectivity index (χ4v) is 2.21. The number of pyridine rings is 1. The molecule has 0 radical (unpaired) electrons. The number of nitrogens with one attached hydrogen (secondary N) is 1. The zero-order chi connectivity index (χ0) is 12.1.